The Kier molecular flexibility index (Phi) is 3.79. The number of aromatic nitrogens is 1. The smallest absolute Gasteiger partial charge is 0.114 e. The highest BCUT2D eigenvalue weighted by molar-refractivity contribution is 5.84. The normalized spacial score (nSPS) is 19.1. The number of hydrogen-bond acceptors (Lipinski definition) is 1. The molecular formula is C14H19FN2. The van der Waals surface area contributed by atoms with E-state index in [2.05, 4.69) is 48.4 Å². The van der Waals surface area contributed by atoms with Crippen LogP contribution in [0.1, 0.15) is 17.7 Å². The zero-order valence-corrected chi connectivity index (χ0v) is 10.4. The maximum Gasteiger partial charge on any atom is 0.114 e. The predicted molar refractivity (Wildman–Crippen MR) is 70.2 cm³/mol. The Hall–Kier alpha value is -1.35. The largest absolute Gasteiger partial charge is 0.358 e. The van der Waals surface area contributed by atoms with Crippen molar-refractivity contribution in [3.63, 3.8) is 0 Å². The van der Waals surface area contributed by atoms with E-state index < -0.39 is 6.17 Å². The van der Waals surface area contributed by atoms with E-state index >= 15 is 0 Å². The van der Waals surface area contributed by atoms with E-state index in [0.29, 0.717) is 13.0 Å². The van der Waals surface area contributed by atoms with Crippen LogP contribution in [0.15, 0.2) is 24.3 Å². The fourth-order valence-corrected chi connectivity index (χ4v) is 2.04. The molecule has 17 heavy (non-hydrogen) atoms. The number of rotatable bonds is 0. The van der Waals surface area contributed by atoms with Crippen molar-refractivity contribution in [2.24, 2.45) is 0 Å². The summed E-state index contributed by atoms with van der Waals surface area (Å²) >= 11 is 0. The van der Waals surface area contributed by atoms with Crippen molar-refractivity contribution in [1.82, 2.24) is 10.3 Å². The lowest BCUT2D eigenvalue weighted by atomic mass is 10.2. The molecule has 3 heteroatoms. The lowest BCUT2D eigenvalue weighted by molar-refractivity contribution is 0.361. The van der Waals surface area contributed by atoms with Gasteiger partial charge in [0, 0.05) is 23.1 Å². The second kappa shape index (κ2) is 5.32. The van der Waals surface area contributed by atoms with Gasteiger partial charge in [-0.1, -0.05) is 18.2 Å². The minimum atomic E-state index is -0.565. The van der Waals surface area contributed by atoms with Gasteiger partial charge in [-0.25, -0.2) is 4.39 Å². The van der Waals surface area contributed by atoms with E-state index in [1.165, 1.54) is 22.2 Å². The van der Waals surface area contributed by atoms with Crippen LogP contribution in [0.2, 0.25) is 0 Å². The van der Waals surface area contributed by atoms with Gasteiger partial charge in [-0.2, -0.15) is 0 Å². The van der Waals surface area contributed by atoms with Crippen molar-refractivity contribution >= 4 is 10.9 Å². The van der Waals surface area contributed by atoms with Gasteiger partial charge in [-0.05, 0) is 38.4 Å². The highest BCUT2D eigenvalue weighted by atomic mass is 19.1. The number of para-hydroxylation sites is 1. The van der Waals surface area contributed by atoms with Gasteiger partial charge in [0.25, 0.3) is 0 Å². The number of hydrogen-bond donors (Lipinski definition) is 2. The molecule has 2 nitrogen and oxygen atoms in total. The van der Waals surface area contributed by atoms with Crippen molar-refractivity contribution in [1.29, 1.82) is 0 Å². The van der Waals surface area contributed by atoms with E-state index in [0.717, 1.165) is 6.54 Å². The van der Waals surface area contributed by atoms with Crippen molar-refractivity contribution in [3.8, 4) is 0 Å². The highest BCUT2D eigenvalue weighted by Gasteiger charge is 2.10. The first-order chi connectivity index (χ1) is 8.18. The summed E-state index contributed by atoms with van der Waals surface area (Å²) in [6, 6.07) is 8.38. The number of fused-ring (bicyclic) bond motifs is 1. The molecule has 0 bridgehead atoms. The van der Waals surface area contributed by atoms with Gasteiger partial charge < -0.3 is 10.3 Å². The molecule has 3 rings (SSSR count). The van der Waals surface area contributed by atoms with Crippen LogP contribution in [0.3, 0.4) is 0 Å². The molecule has 0 spiro atoms. The van der Waals surface area contributed by atoms with E-state index in [9.17, 15) is 4.39 Å². The van der Waals surface area contributed by atoms with Crippen LogP contribution >= 0.6 is 0 Å². The maximum atomic E-state index is 11.9. The van der Waals surface area contributed by atoms with Crippen molar-refractivity contribution in [3.05, 3.63) is 35.5 Å². The van der Waals surface area contributed by atoms with E-state index in [4.69, 9.17) is 0 Å². The summed E-state index contributed by atoms with van der Waals surface area (Å²) in [6.45, 7) is 5.69. The summed E-state index contributed by atoms with van der Waals surface area (Å²) in [4.78, 5) is 3.33. The standard InChI is InChI=1S/C10H11N.C4H8FN/c1-7-8(2)11-10-6-4-3-5-9(7)10;5-4-1-2-6-3-4/h3-6,11H,1-2H3;4,6H,1-3H2. The Labute approximate surface area is 101 Å². The summed E-state index contributed by atoms with van der Waals surface area (Å²) in [5.74, 6) is 0. The van der Waals surface area contributed by atoms with Crippen molar-refractivity contribution in [2.75, 3.05) is 13.1 Å². The predicted octanol–water partition coefficient (Wildman–Crippen LogP) is 3.10. The molecule has 2 heterocycles. The number of nitrogens with one attached hydrogen (secondary N) is 2. The highest BCUT2D eigenvalue weighted by Crippen LogP contribution is 2.19. The fraction of sp³-hybridized carbons (Fsp3) is 0.429. The lowest BCUT2D eigenvalue weighted by Crippen LogP contribution is -2.08. The summed E-state index contributed by atoms with van der Waals surface area (Å²) in [7, 11) is 0. The second-order valence-electron chi connectivity index (χ2n) is 4.51. The van der Waals surface area contributed by atoms with Crippen LogP contribution in [0, 0.1) is 13.8 Å². The molecule has 1 atom stereocenters. The summed E-state index contributed by atoms with van der Waals surface area (Å²) < 4.78 is 11.9. The van der Waals surface area contributed by atoms with Crippen molar-refractivity contribution < 1.29 is 4.39 Å². The van der Waals surface area contributed by atoms with Gasteiger partial charge in [0.1, 0.15) is 6.17 Å². The summed E-state index contributed by atoms with van der Waals surface area (Å²) in [6.07, 6.45) is 0.144. The van der Waals surface area contributed by atoms with Gasteiger partial charge in [0.2, 0.25) is 0 Å². The zero-order valence-electron chi connectivity index (χ0n) is 10.4. The fourth-order valence-electron chi connectivity index (χ4n) is 2.04. The van der Waals surface area contributed by atoms with E-state index in [-0.39, 0.29) is 0 Å². The number of aromatic amines is 1. The third kappa shape index (κ3) is 2.86. The van der Waals surface area contributed by atoms with Gasteiger partial charge in [0.05, 0.1) is 0 Å². The van der Waals surface area contributed by atoms with Crippen LogP contribution in [0.5, 0.6) is 0 Å². The molecule has 92 valence electrons. The molecule has 1 saturated heterocycles. The lowest BCUT2D eigenvalue weighted by Gasteiger charge is -1.87. The molecule has 2 aromatic rings. The third-order valence-electron chi connectivity index (χ3n) is 3.22. The monoisotopic (exact) mass is 234 g/mol. The van der Waals surface area contributed by atoms with Gasteiger partial charge in [-0.15, -0.1) is 0 Å². The molecule has 0 amide bonds. The number of halogens is 1. The SMILES string of the molecule is Cc1[nH]c2ccccc2c1C.FC1CCNC1. The van der Waals surface area contributed by atoms with Crippen LogP contribution < -0.4 is 5.32 Å². The molecule has 1 fully saturated rings. The van der Waals surface area contributed by atoms with E-state index in [1.54, 1.807) is 0 Å². The first-order valence-corrected chi connectivity index (χ1v) is 6.07. The van der Waals surface area contributed by atoms with Crippen LogP contribution in [0.25, 0.3) is 10.9 Å². The van der Waals surface area contributed by atoms with Gasteiger partial charge >= 0.3 is 0 Å². The molecule has 0 saturated carbocycles. The molecule has 0 aliphatic carbocycles. The minimum Gasteiger partial charge on any atom is -0.358 e. The summed E-state index contributed by atoms with van der Waals surface area (Å²) in [5, 5.41) is 4.23. The molecule has 1 aromatic carbocycles. The maximum absolute atomic E-state index is 11.9. The number of aryl methyl sites for hydroxylation is 2. The van der Waals surface area contributed by atoms with E-state index in [1.807, 2.05) is 0 Å². The molecule has 2 N–H and O–H groups in total. The Bertz CT molecular complexity index is 484. The molecule has 1 aliphatic heterocycles. The first kappa shape index (κ1) is 12.1. The summed E-state index contributed by atoms with van der Waals surface area (Å²) in [5.41, 5.74) is 3.87. The molecule has 1 unspecified atom stereocenters. The molecular weight excluding hydrogens is 215 g/mol. The molecule has 1 aliphatic rings. The minimum absolute atomic E-state index is 0.565. The average Bonchev–Trinajstić information content (AvgIpc) is 2.90. The van der Waals surface area contributed by atoms with Crippen LogP contribution in [-0.4, -0.2) is 24.2 Å². The van der Waals surface area contributed by atoms with Crippen LogP contribution in [0.4, 0.5) is 4.39 Å². The average molecular weight is 234 g/mol. The first-order valence-electron chi connectivity index (χ1n) is 6.07. The number of H-pyrrole nitrogens is 1. The Morgan fingerprint density at radius 1 is 1.24 bits per heavy atom. The Morgan fingerprint density at radius 3 is 2.53 bits per heavy atom. The molecule has 0 radical (unpaired) electrons. The van der Waals surface area contributed by atoms with Crippen molar-refractivity contribution in [2.45, 2.75) is 26.4 Å². The van der Waals surface area contributed by atoms with Gasteiger partial charge in [0.15, 0.2) is 0 Å². The zero-order chi connectivity index (χ0) is 12.3. The third-order valence-corrected chi connectivity index (χ3v) is 3.22. The van der Waals surface area contributed by atoms with Crippen LogP contribution in [-0.2, 0) is 0 Å². The Balaban J connectivity index is 0.000000153. The van der Waals surface area contributed by atoms with Gasteiger partial charge in [-0.3, -0.25) is 0 Å². The number of alkyl halides is 1. The molecule has 1 aromatic heterocycles. The Morgan fingerprint density at radius 2 is 2.00 bits per heavy atom. The topological polar surface area (TPSA) is 27.8 Å². The second-order valence-corrected chi connectivity index (χ2v) is 4.51. The number of benzene rings is 1. The quantitative estimate of drug-likeness (QED) is 0.720.